The van der Waals surface area contributed by atoms with Gasteiger partial charge in [-0.2, -0.15) is 5.26 Å². The van der Waals surface area contributed by atoms with Crippen molar-refractivity contribution in [3.8, 4) is 11.8 Å². The highest BCUT2D eigenvalue weighted by molar-refractivity contribution is 7.92. The first-order chi connectivity index (χ1) is 9.42. The number of methoxy groups -OCH3 is 1. The third-order valence-electron chi connectivity index (χ3n) is 2.86. The highest BCUT2D eigenvalue weighted by Gasteiger charge is 2.18. The number of hydrogen-bond acceptors (Lipinski definition) is 4. The Labute approximate surface area is 124 Å². The van der Waals surface area contributed by atoms with E-state index in [1.54, 1.807) is 18.2 Å². The van der Waals surface area contributed by atoms with Gasteiger partial charge in [0.05, 0.1) is 29.6 Å². The van der Waals surface area contributed by atoms with E-state index in [2.05, 4.69) is 0 Å². The van der Waals surface area contributed by atoms with Crippen LogP contribution in [0, 0.1) is 11.3 Å². The lowest BCUT2D eigenvalue weighted by Crippen LogP contribution is -2.29. The van der Waals surface area contributed by atoms with Gasteiger partial charge in [0.2, 0.25) is 10.0 Å². The molecule has 0 aromatic heterocycles. The van der Waals surface area contributed by atoms with Crippen LogP contribution >= 0.6 is 11.6 Å². The van der Waals surface area contributed by atoms with Crippen molar-refractivity contribution in [1.29, 1.82) is 5.26 Å². The Morgan fingerprint density at radius 1 is 1.40 bits per heavy atom. The zero-order chi connectivity index (χ0) is 15.2. The molecule has 0 aliphatic heterocycles. The van der Waals surface area contributed by atoms with E-state index in [0.29, 0.717) is 35.7 Å². The van der Waals surface area contributed by atoms with Gasteiger partial charge in [-0.3, -0.25) is 4.31 Å². The summed E-state index contributed by atoms with van der Waals surface area (Å²) >= 11 is 5.99. The summed E-state index contributed by atoms with van der Waals surface area (Å²) in [6.07, 6.45) is 1.41. The van der Waals surface area contributed by atoms with Crippen molar-refractivity contribution in [2.75, 3.05) is 24.2 Å². The first-order valence-corrected chi connectivity index (χ1v) is 8.08. The predicted octanol–water partition coefficient (Wildman–Crippen LogP) is 2.81. The van der Waals surface area contributed by atoms with Crippen molar-refractivity contribution in [2.24, 2.45) is 0 Å². The van der Waals surface area contributed by atoms with Crippen LogP contribution in [0.3, 0.4) is 0 Å². The number of hydrogen-bond donors (Lipinski definition) is 0. The van der Waals surface area contributed by atoms with E-state index in [-0.39, 0.29) is 5.75 Å². The first kappa shape index (κ1) is 16.6. The molecule has 110 valence electrons. The highest BCUT2D eigenvalue weighted by Crippen LogP contribution is 2.29. The lowest BCUT2D eigenvalue weighted by Gasteiger charge is -2.20. The molecule has 7 heteroatoms. The summed E-state index contributed by atoms with van der Waals surface area (Å²) < 4.78 is 30.5. The molecule has 1 aromatic carbocycles. The van der Waals surface area contributed by atoms with E-state index in [0.717, 1.165) is 0 Å². The minimum atomic E-state index is -3.41. The van der Waals surface area contributed by atoms with E-state index in [9.17, 15) is 8.42 Å². The number of nitrogens with zero attached hydrogens (tertiary/aromatic N) is 2. The summed E-state index contributed by atoms with van der Waals surface area (Å²) in [6, 6.07) is 6.80. The SMILES string of the molecule is COc1ccc(N(C)S(=O)(=O)CCCCC#N)cc1Cl. The first-order valence-electron chi connectivity index (χ1n) is 6.09. The summed E-state index contributed by atoms with van der Waals surface area (Å²) in [5.41, 5.74) is 0.482. The largest absolute Gasteiger partial charge is 0.495 e. The second-order valence-corrected chi connectivity index (χ2v) is 6.74. The third-order valence-corrected chi connectivity index (χ3v) is 5.00. The number of benzene rings is 1. The number of halogens is 1. The average Bonchev–Trinajstić information content (AvgIpc) is 2.42. The Kier molecular flexibility index (Phi) is 6.11. The van der Waals surface area contributed by atoms with E-state index < -0.39 is 10.0 Å². The van der Waals surface area contributed by atoms with Crippen molar-refractivity contribution in [3.05, 3.63) is 23.2 Å². The molecular formula is C13H17ClN2O3S. The van der Waals surface area contributed by atoms with Gasteiger partial charge in [0.15, 0.2) is 0 Å². The fourth-order valence-corrected chi connectivity index (χ4v) is 3.17. The Morgan fingerprint density at radius 3 is 2.65 bits per heavy atom. The normalized spacial score (nSPS) is 10.9. The van der Waals surface area contributed by atoms with Gasteiger partial charge in [-0.15, -0.1) is 0 Å². The zero-order valence-corrected chi connectivity index (χ0v) is 13.0. The Balaban J connectivity index is 2.80. The van der Waals surface area contributed by atoms with Gasteiger partial charge in [-0.05, 0) is 31.0 Å². The summed E-state index contributed by atoms with van der Waals surface area (Å²) in [6.45, 7) is 0. The molecule has 0 heterocycles. The molecule has 0 aliphatic carbocycles. The molecule has 5 nitrogen and oxygen atoms in total. The molecule has 0 fully saturated rings. The number of anilines is 1. The maximum absolute atomic E-state index is 12.1. The van der Waals surface area contributed by atoms with Crippen LogP contribution in [0.4, 0.5) is 5.69 Å². The molecule has 0 unspecified atom stereocenters. The molecule has 0 bridgehead atoms. The molecule has 1 aromatic rings. The smallest absolute Gasteiger partial charge is 0.234 e. The molecule has 1 rings (SSSR count). The molecular weight excluding hydrogens is 300 g/mol. The second-order valence-electron chi connectivity index (χ2n) is 4.22. The molecule has 0 aliphatic rings. The van der Waals surface area contributed by atoms with Crippen LogP contribution in [-0.2, 0) is 10.0 Å². The molecule has 0 spiro atoms. The summed E-state index contributed by atoms with van der Waals surface area (Å²) in [5.74, 6) is 0.504. The van der Waals surface area contributed by atoms with Crippen LogP contribution in [0.2, 0.25) is 5.02 Å². The van der Waals surface area contributed by atoms with Crippen molar-refractivity contribution < 1.29 is 13.2 Å². The van der Waals surface area contributed by atoms with Gasteiger partial charge in [-0.25, -0.2) is 8.42 Å². The van der Waals surface area contributed by atoms with Gasteiger partial charge in [0.1, 0.15) is 5.75 Å². The fraction of sp³-hybridized carbons (Fsp3) is 0.462. The fourth-order valence-electron chi connectivity index (χ4n) is 1.64. The molecule has 0 saturated carbocycles. The molecule has 0 amide bonds. The summed E-state index contributed by atoms with van der Waals surface area (Å²) in [5, 5.41) is 8.78. The summed E-state index contributed by atoms with van der Waals surface area (Å²) in [7, 11) is -0.425. The van der Waals surface area contributed by atoms with E-state index in [1.807, 2.05) is 6.07 Å². The topological polar surface area (TPSA) is 70.4 Å². The number of nitriles is 1. The van der Waals surface area contributed by atoms with Crippen LogP contribution < -0.4 is 9.04 Å². The minimum Gasteiger partial charge on any atom is -0.495 e. The Bertz CT molecular complexity index is 596. The van der Waals surface area contributed by atoms with E-state index in [4.69, 9.17) is 21.6 Å². The second kappa shape index (κ2) is 7.36. The molecule has 0 saturated heterocycles. The van der Waals surface area contributed by atoms with Crippen LogP contribution in [0.25, 0.3) is 0 Å². The lowest BCUT2D eigenvalue weighted by molar-refractivity contribution is 0.415. The zero-order valence-electron chi connectivity index (χ0n) is 11.5. The van der Waals surface area contributed by atoms with Crippen molar-refractivity contribution in [3.63, 3.8) is 0 Å². The van der Waals surface area contributed by atoms with Crippen LogP contribution in [0.15, 0.2) is 18.2 Å². The Hall–Kier alpha value is -1.45. The van der Waals surface area contributed by atoms with Crippen LogP contribution in [-0.4, -0.2) is 28.3 Å². The number of ether oxygens (including phenoxy) is 1. The molecule has 0 N–H and O–H groups in total. The maximum atomic E-state index is 12.1. The molecule has 0 radical (unpaired) electrons. The maximum Gasteiger partial charge on any atom is 0.234 e. The van der Waals surface area contributed by atoms with Crippen molar-refractivity contribution >= 4 is 27.3 Å². The lowest BCUT2D eigenvalue weighted by atomic mass is 10.3. The summed E-state index contributed by atoms with van der Waals surface area (Å²) in [4.78, 5) is 0. The van der Waals surface area contributed by atoms with E-state index >= 15 is 0 Å². The van der Waals surface area contributed by atoms with Crippen LogP contribution in [0.1, 0.15) is 19.3 Å². The quantitative estimate of drug-likeness (QED) is 0.725. The highest BCUT2D eigenvalue weighted by atomic mass is 35.5. The molecule has 20 heavy (non-hydrogen) atoms. The molecule has 0 atom stereocenters. The van der Waals surface area contributed by atoms with Gasteiger partial charge in [0.25, 0.3) is 0 Å². The monoisotopic (exact) mass is 316 g/mol. The standard InChI is InChI=1S/C13H17ClN2O3S/c1-16(20(17,18)9-5-3-4-8-15)11-6-7-13(19-2)12(14)10-11/h6-7,10H,3-5,9H2,1-2H3. The minimum absolute atomic E-state index is 0.00876. The van der Waals surface area contributed by atoms with Crippen LogP contribution in [0.5, 0.6) is 5.75 Å². The van der Waals surface area contributed by atoms with Gasteiger partial charge >= 0.3 is 0 Å². The van der Waals surface area contributed by atoms with Crippen molar-refractivity contribution in [1.82, 2.24) is 0 Å². The van der Waals surface area contributed by atoms with E-state index in [1.165, 1.54) is 18.5 Å². The number of sulfonamides is 1. The Morgan fingerprint density at radius 2 is 2.10 bits per heavy atom. The average molecular weight is 317 g/mol. The number of unbranched alkanes of at least 4 members (excludes halogenated alkanes) is 2. The predicted molar refractivity (Wildman–Crippen MR) is 79.7 cm³/mol. The van der Waals surface area contributed by atoms with Gasteiger partial charge in [-0.1, -0.05) is 11.6 Å². The number of rotatable bonds is 7. The van der Waals surface area contributed by atoms with Crippen molar-refractivity contribution in [2.45, 2.75) is 19.3 Å². The van der Waals surface area contributed by atoms with Gasteiger partial charge < -0.3 is 4.74 Å². The third kappa shape index (κ3) is 4.29. The van der Waals surface area contributed by atoms with Gasteiger partial charge in [0, 0.05) is 13.5 Å².